The number of methoxy groups -OCH3 is 1. The predicted molar refractivity (Wildman–Crippen MR) is 114 cm³/mol. The van der Waals surface area contributed by atoms with E-state index in [1.165, 1.54) is 4.90 Å². The standard InChI is InChI=1S/C23H27N3O4/c1-16-4-6-17(7-5-16)13-26-14-18(12-22(26)28)23(29)25(2)15-21(27)24-19-8-10-20(30-3)11-9-19/h4-11,18H,12-15H2,1-3H3,(H,24,27)/t18-/m0/s1. The molecule has 7 nitrogen and oxygen atoms in total. The number of aryl methyl sites for hydroxylation is 1. The number of benzene rings is 2. The maximum absolute atomic E-state index is 12.8. The van der Waals surface area contributed by atoms with Crippen LogP contribution in [0, 0.1) is 12.8 Å². The fourth-order valence-corrected chi connectivity index (χ4v) is 3.48. The maximum atomic E-state index is 12.8. The number of anilines is 1. The van der Waals surface area contributed by atoms with Gasteiger partial charge in [-0.1, -0.05) is 29.8 Å². The van der Waals surface area contributed by atoms with E-state index >= 15 is 0 Å². The van der Waals surface area contributed by atoms with Crippen LogP contribution in [0.3, 0.4) is 0 Å². The average Bonchev–Trinajstić information content (AvgIpc) is 3.09. The number of nitrogens with one attached hydrogen (secondary N) is 1. The lowest BCUT2D eigenvalue weighted by atomic mass is 10.1. The van der Waals surface area contributed by atoms with Gasteiger partial charge >= 0.3 is 0 Å². The van der Waals surface area contributed by atoms with Gasteiger partial charge in [-0.25, -0.2) is 0 Å². The fourth-order valence-electron chi connectivity index (χ4n) is 3.48. The van der Waals surface area contributed by atoms with Crippen LogP contribution in [-0.2, 0) is 20.9 Å². The first kappa shape index (κ1) is 21.4. The predicted octanol–water partition coefficient (Wildman–Crippen LogP) is 2.45. The molecule has 158 valence electrons. The van der Waals surface area contributed by atoms with E-state index in [2.05, 4.69) is 5.32 Å². The normalized spacial score (nSPS) is 15.8. The lowest BCUT2D eigenvalue weighted by molar-refractivity contribution is -0.137. The molecule has 0 spiro atoms. The van der Waals surface area contributed by atoms with Crippen LogP contribution in [0.2, 0.25) is 0 Å². The molecule has 7 heteroatoms. The van der Waals surface area contributed by atoms with Crippen LogP contribution in [0.15, 0.2) is 48.5 Å². The van der Waals surface area contributed by atoms with E-state index in [0.29, 0.717) is 24.5 Å². The van der Waals surface area contributed by atoms with E-state index < -0.39 is 5.92 Å². The summed E-state index contributed by atoms with van der Waals surface area (Å²) in [6.45, 7) is 2.80. The van der Waals surface area contributed by atoms with Crippen molar-refractivity contribution < 1.29 is 19.1 Å². The van der Waals surface area contributed by atoms with Crippen LogP contribution >= 0.6 is 0 Å². The smallest absolute Gasteiger partial charge is 0.243 e. The van der Waals surface area contributed by atoms with Crippen LogP contribution in [0.1, 0.15) is 17.5 Å². The molecule has 1 fully saturated rings. The summed E-state index contributed by atoms with van der Waals surface area (Å²) in [4.78, 5) is 40.5. The van der Waals surface area contributed by atoms with Crippen molar-refractivity contribution >= 4 is 23.4 Å². The van der Waals surface area contributed by atoms with Crippen LogP contribution in [0.5, 0.6) is 5.75 Å². The monoisotopic (exact) mass is 409 g/mol. The first-order valence-corrected chi connectivity index (χ1v) is 9.88. The second-order valence-electron chi connectivity index (χ2n) is 7.63. The molecule has 1 atom stereocenters. The minimum absolute atomic E-state index is 0.0370. The summed E-state index contributed by atoms with van der Waals surface area (Å²) in [5, 5.41) is 2.76. The number of hydrogen-bond acceptors (Lipinski definition) is 4. The topological polar surface area (TPSA) is 79.0 Å². The number of nitrogens with zero attached hydrogens (tertiary/aromatic N) is 2. The third-order valence-electron chi connectivity index (χ3n) is 5.19. The molecular formula is C23H27N3O4. The zero-order chi connectivity index (χ0) is 21.7. The van der Waals surface area contributed by atoms with E-state index in [0.717, 1.165) is 11.1 Å². The van der Waals surface area contributed by atoms with Crippen molar-refractivity contribution in [3.63, 3.8) is 0 Å². The lowest BCUT2D eigenvalue weighted by Gasteiger charge is -2.21. The summed E-state index contributed by atoms with van der Waals surface area (Å²) in [5.74, 6) is -0.260. The van der Waals surface area contributed by atoms with Crippen molar-refractivity contribution in [1.29, 1.82) is 0 Å². The fraction of sp³-hybridized carbons (Fsp3) is 0.348. The highest BCUT2D eigenvalue weighted by atomic mass is 16.5. The van der Waals surface area contributed by atoms with E-state index in [1.54, 1.807) is 43.3 Å². The second kappa shape index (κ2) is 9.43. The van der Waals surface area contributed by atoms with Crippen LogP contribution in [0.4, 0.5) is 5.69 Å². The van der Waals surface area contributed by atoms with Crippen molar-refractivity contribution in [2.24, 2.45) is 5.92 Å². The summed E-state index contributed by atoms with van der Waals surface area (Å²) >= 11 is 0. The average molecular weight is 409 g/mol. The zero-order valence-corrected chi connectivity index (χ0v) is 17.6. The van der Waals surface area contributed by atoms with Gasteiger partial charge in [0, 0.05) is 32.2 Å². The van der Waals surface area contributed by atoms with E-state index in [9.17, 15) is 14.4 Å². The zero-order valence-electron chi connectivity index (χ0n) is 17.6. The Morgan fingerprint density at radius 2 is 1.80 bits per heavy atom. The maximum Gasteiger partial charge on any atom is 0.243 e. The molecule has 1 saturated heterocycles. The summed E-state index contributed by atoms with van der Waals surface area (Å²) in [6, 6.07) is 15.0. The highest BCUT2D eigenvalue weighted by molar-refractivity contribution is 5.96. The number of hydrogen-bond donors (Lipinski definition) is 1. The van der Waals surface area contributed by atoms with Gasteiger partial charge in [0.25, 0.3) is 0 Å². The van der Waals surface area contributed by atoms with Gasteiger partial charge in [0.2, 0.25) is 17.7 Å². The molecule has 1 heterocycles. The number of carbonyl (C=O) groups excluding carboxylic acids is 3. The number of likely N-dealkylation sites (N-methyl/N-ethyl adjacent to an activating group) is 1. The molecule has 1 aliphatic heterocycles. The minimum Gasteiger partial charge on any atom is -0.497 e. The number of amides is 3. The Bertz CT molecular complexity index is 909. The highest BCUT2D eigenvalue weighted by Gasteiger charge is 2.36. The van der Waals surface area contributed by atoms with Gasteiger partial charge in [0.05, 0.1) is 19.6 Å². The SMILES string of the molecule is COc1ccc(NC(=O)CN(C)C(=O)[C@H]2CC(=O)N(Cc3ccc(C)cc3)C2)cc1. The Labute approximate surface area is 176 Å². The quantitative estimate of drug-likeness (QED) is 0.762. The third-order valence-corrected chi connectivity index (χ3v) is 5.19. The van der Waals surface area contributed by atoms with Crippen LogP contribution in [-0.4, -0.2) is 54.8 Å². The Hall–Kier alpha value is -3.35. The molecule has 0 aromatic heterocycles. The molecule has 0 saturated carbocycles. The van der Waals surface area contributed by atoms with Crippen molar-refractivity contribution in [2.45, 2.75) is 19.9 Å². The number of rotatable bonds is 7. The van der Waals surface area contributed by atoms with Gasteiger partial charge in [-0.05, 0) is 36.8 Å². The highest BCUT2D eigenvalue weighted by Crippen LogP contribution is 2.22. The molecule has 0 bridgehead atoms. The van der Waals surface area contributed by atoms with Gasteiger partial charge in [-0.2, -0.15) is 0 Å². The molecule has 3 amide bonds. The molecule has 0 radical (unpaired) electrons. The largest absolute Gasteiger partial charge is 0.497 e. The van der Waals surface area contributed by atoms with Crippen molar-refractivity contribution in [1.82, 2.24) is 9.80 Å². The lowest BCUT2D eigenvalue weighted by Crippen LogP contribution is -2.39. The molecule has 0 aliphatic carbocycles. The third kappa shape index (κ3) is 5.37. The molecule has 30 heavy (non-hydrogen) atoms. The van der Waals surface area contributed by atoms with E-state index in [4.69, 9.17) is 4.74 Å². The summed E-state index contributed by atoms with van der Waals surface area (Å²) in [5.41, 5.74) is 2.82. The van der Waals surface area contributed by atoms with Gasteiger partial charge in [0.15, 0.2) is 0 Å². The van der Waals surface area contributed by atoms with Gasteiger partial charge < -0.3 is 19.9 Å². The molecule has 2 aromatic carbocycles. The number of ether oxygens (including phenoxy) is 1. The number of likely N-dealkylation sites (tertiary alicyclic amines) is 1. The van der Waals surface area contributed by atoms with Gasteiger partial charge in [0.1, 0.15) is 5.75 Å². The molecule has 3 rings (SSSR count). The second-order valence-corrected chi connectivity index (χ2v) is 7.63. The summed E-state index contributed by atoms with van der Waals surface area (Å²) in [6.07, 6.45) is 0.176. The molecule has 1 aliphatic rings. The van der Waals surface area contributed by atoms with Gasteiger partial charge in [-0.3, -0.25) is 14.4 Å². The van der Waals surface area contributed by atoms with Crippen LogP contribution in [0.25, 0.3) is 0 Å². The summed E-state index contributed by atoms with van der Waals surface area (Å²) in [7, 11) is 3.16. The summed E-state index contributed by atoms with van der Waals surface area (Å²) < 4.78 is 5.09. The minimum atomic E-state index is -0.429. The Balaban J connectivity index is 1.51. The van der Waals surface area contributed by atoms with Gasteiger partial charge in [-0.15, -0.1) is 0 Å². The van der Waals surface area contributed by atoms with Crippen molar-refractivity contribution in [3.05, 3.63) is 59.7 Å². The first-order chi connectivity index (χ1) is 14.4. The molecule has 1 N–H and O–H groups in total. The molecule has 0 unspecified atom stereocenters. The van der Waals surface area contributed by atoms with Crippen molar-refractivity contribution in [3.8, 4) is 5.75 Å². The Morgan fingerprint density at radius 3 is 2.43 bits per heavy atom. The Kier molecular flexibility index (Phi) is 6.72. The van der Waals surface area contributed by atoms with Crippen LogP contribution < -0.4 is 10.1 Å². The first-order valence-electron chi connectivity index (χ1n) is 9.88. The molecular weight excluding hydrogens is 382 g/mol. The van der Waals surface area contributed by atoms with Crippen molar-refractivity contribution in [2.75, 3.05) is 32.6 Å². The van der Waals surface area contributed by atoms with E-state index in [1.807, 2.05) is 31.2 Å². The molecule has 2 aromatic rings. The number of carbonyl (C=O) groups is 3. The Morgan fingerprint density at radius 1 is 1.13 bits per heavy atom. The van der Waals surface area contributed by atoms with E-state index in [-0.39, 0.29) is 30.7 Å².